The van der Waals surface area contributed by atoms with Crippen LogP contribution in [0, 0.1) is 10.1 Å². The molecule has 2 heterocycles. The minimum absolute atomic E-state index is 0.0832. The van der Waals surface area contributed by atoms with Crippen LogP contribution in [-0.4, -0.2) is 36.8 Å². The number of carbonyl (C=O) groups is 1. The predicted octanol–water partition coefficient (Wildman–Crippen LogP) is -0.966. The first-order valence-corrected chi connectivity index (χ1v) is 7.79. The van der Waals surface area contributed by atoms with Gasteiger partial charge in [-0.15, -0.1) is 0 Å². The van der Waals surface area contributed by atoms with Gasteiger partial charge in [0.2, 0.25) is 5.91 Å². The lowest BCUT2D eigenvalue weighted by Gasteiger charge is -2.12. The lowest BCUT2D eigenvalue weighted by atomic mass is 10.1. The number of non-ortho nitro benzene ring substituents is 1. The van der Waals surface area contributed by atoms with E-state index in [9.17, 15) is 24.5 Å². The third kappa shape index (κ3) is 3.90. The van der Waals surface area contributed by atoms with Gasteiger partial charge in [0, 0.05) is 42.6 Å². The number of hydrogen-bond acceptors (Lipinski definition) is 7. The lowest BCUT2D eigenvalue weighted by Crippen LogP contribution is -2.41. The summed E-state index contributed by atoms with van der Waals surface area (Å²) in [6.45, 7) is -0.129. The minimum Gasteiger partial charge on any atom is -0.351 e. The van der Waals surface area contributed by atoms with Gasteiger partial charge >= 0.3 is 11.1 Å². The maximum atomic E-state index is 12.2. The van der Waals surface area contributed by atoms with Crippen LogP contribution in [0.4, 0.5) is 5.69 Å². The Bertz CT molecular complexity index is 1120. The van der Waals surface area contributed by atoms with Crippen LogP contribution in [0.5, 0.6) is 0 Å². The van der Waals surface area contributed by atoms with Crippen molar-refractivity contribution in [2.75, 3.05) is 0 Å². The second-order valence-corrected chi connectivity index (χ2v) is 5.80. The number of nitrogens with two attached hydrogens (primary N) is 1. The van der Waals surface area contributed by atoms with Crippen LogP contribution in [-0.2, 0) is 17.8 Å². The summed E-state index contributed by atoms with van der Waals surface area (Å²) >= 11 is 0. The first kappa shape index (κ1) is 18.0. The van der Waals surface area contributed by atoms with Crippen molar-refractivity contribution in [1.29, 1.82) is 0 Å². The standard InChI is InChI=1S/C15H15N7O5/c16-10(2-8-5-17-6-19-8)13(23)18-4-7-1-9(22(26)27)3-11-12(7)21-15(25)14(24)20-11/h1,3,5-6,10H,2,4,16H2,(H,17,19)(H,18,23)(H,20,24)(H,21,25)/t10-/m1/s1. The Hall–Kier alpha value is -3.80. The van der Waals surface area contributed by atoms with Gasteiger partial charge in [0.1, 0.15) is 0 Å². The zero-order valence-corrected chi connectivity index (χ0v) is 13.8. The van der Waals surface area contributed by atoms with E-state index in [0.717, 1.165) is 6.07 Å². The number of benzene rings is 1. The largest absolute Gasteiger partial charge is 0.351 e. The summed E-state index contributed by atoms with van der Waals surface area (Å²) in [7, 11) is 0. The smallest absolute Gasteiger partial charge is 0.314 e. The number of rotatable bonds is 6. The summed E-state index contributed by atoms with van der Waals surface area (Å²) in [5, 5.41) is 13.7. The fourth-order valence-electron chi connectivity index (χ4n) is 2.57. The fraction of sp³-hybridized carbons (Fsp3) is 0.200. The number of imidazole rings is 1. The molecule has 0 aliphatic carbocycles. The van der Waals surface area contributed by atoms with E-state index in [1.54, 1.807) is 6.20 Å². The molecular formula is C15H15N7O5. The third-order valence-electron chi connectivity index (χ3n) is 3.89. The molecular weight excluding hydrogens is 358 g/mol. The van der Waals surface area contributed by atoms with E-state index in [1.165, 1.54) is 12.4 Å². The summed E-state index contributed by atoms with van der Waals surface area (Å²) in [5.74, 6) is -0.490. The highest BCUT2D eigenvalue weighted by Crippen LogP contribution is 2.21. The second-order valence-electron chi connectivity index (χ2n) is 5.80. The highest BCUT2D eigenvalue weighted by atomic mass is 16.6. The van der Waals surface area contributed by atoms with Crippen LogP contribution in [0.25, 0.3) is 11.0 Å². The number of amides is 1. The monoisotopic (exact) mass is 373 g/mol. The molecule has 12 heteroatoms. The van der Waals surface area contributed by atoms with Gasteiger partial charge in [0.25, 0.3) is 5.69 Å². The highest BCUT2D eigenvalue weighted by Gasteiger charge is 2.17. The molecule has 140 valence electrons. The van der Waals surface area contributed by atoms with Crippen molar-refractivity contribution in [2.45, 2.75) is 19.0 Å². The topological polar surface area (TPSA) is 193 Å². The van der Waals surface area contributed by atoms with E-state index < -0.39 is 28.0 Å². The van der Waals surface area contributed by atoms with Crippen molar-refractivity contribution in [3.05, 3.63) is 66.7 Å². The molecule has 1 aromatic carbocycles. The predicted molar refractivity (Wildman–Crippen MR) is 94.0 cm³/mol. The Morgan fingerprint density at radius 3 is 2.70 bits per heavy atom. The SMILES string of the molecule is N[C@H](Cc1cnc[nH]1)C(=O)NCc1cc([N+](=O)[O-])cc2[nH]c(=O)c(=O)[nH]c12. The average Bonchev–Trinajstić information content (AvgIpc) is 3.13. The summed E-state index contributed by atoms with van der Waals surface area (Å²) in [4.78, 5) is 57.0. The molecule has 3 aromatic rings. The van der Waals surface area contributed by atoms with E-state index in [4.69, 9.17) is 5.73 Å². The normalized spacial score (nSPS) is 12.0. The molecule has 0 aliphatic heterocycles. The van der Waals surface area contributed by atoms with Crippen LogP contribution in [0.3, 0.4) is 0 Å². The number of aromatic nitrogens is 4. The Kier molecular flexibility index (Phi) is 4.81. The molecule has 0 fully saturated rings. The van der Waals surface area contributed by atoms with E-state index in [-0.39, 0.29) is 35.2 Å². The molecule has 2 aromatic heterocycles. The number of aromatic amines is 3. The van der Waals surface area contributed by atoms with Crippen molar-refractivity contribution in [2.24, 2.45) is 5.73 Å². The van der Waals surface area contributed by atoms with Gasteiger partial charge < -0.3 is 26.0 Å². The summed E-state index contributed by atoms with van der Waals surface area (Å²) in [6, 6.07) is 1.47. The third-order valence-corrected chi connectivity index (χ3v) is 3.89. The highest BCUT2D eigenvalue weighted by molar-refractivity contribution is 5.84. The number of nitrogens with zero attached hydrogens (tertiary/aromatic N) is 2. The Labute approximate surface area is 150 Å². The quantitative estimate of drug-likeness (QED) is 0.208. The molecule has 0 spiro atoms. The van der Waals surface area contributed by atoms with Crippen LogP contribution in [0.15, 0.2) is 34.2 Å². The number of H-pyrrole nitrogens is 3. The number of fused-ring (bicyclic) bond motifs is 1. The van der Waals surface area contributed by atoms with E-state index >= 15 is 0 Å². The minimum atomic E-state index is -0.931. The number of nitro groups is 1. The Morgan fingerprint density at radius 1 is 1.30 bits per heavy atom. The number of hydrogen-bond donors (Lipinski definition) is 5. The van der Waals surface area contributed by atoms with E-state index in [0.29, 0.717) is 5.69 Å². The molecule has 0 saturated carbocycles. The molecule has 12 nitrogen and oxygen atoms in total. The van der Waals surface area contributed by atoms with Gasteiger partial charge in [0.05, 0.1) is 28.3 Å². The molecule has 0 radical (unpaired) electrons. The van der Waals surface area contributed by atoms with Gasteiger partial charge in [-0.1, -0.05) is 0 Å². The van der Waals surface area contributed by atoms with Crippen molar-refractivity contribution in [3.8, 4) is 0 Å². The molecule has 0 aliphatic rings. The van der Waals surface area contributed by atoms with Gasteiger partial charge in [-0.25, -0.2) is 4.98 Å². The maximum Gasteiger partial charge on any atom is 0.314 e. The molecule has 6 N–H and O–H groups in total. The van der Waals surface area contributed by atoms with Crippen molar-refractivity contribution in [3.63, 3.8) is 0 Å². The van der Waals surface area contributed by atoms with Crippen LogP contribution >= 0.6 is 0 Å². The van der Waals surface area contributed by atoms with Crippen LogP contribution < -0.4 is 22.2 Å². The van der Waals surface area contributed by atoms with Gasteiger partial charge in [-0.3, -0.25) is 24.5 Å². The van der Waals surface area contributed by atoms with Crippen molar-refractivity contribution < 1.29 is 9.72 Å². The zero-order chi connectivity index (χ0) is 19.6. The fourth-order valence-corrected chi connectivity index (χ4v) is 2.57. The molecule has 0 unspecified atom stereocenters. The Morgan fingerprint density at radius 2 is 2.04 bits per heavy atom. The second kappa shape index (κ2) is 7.21. The average molecular weight is 373 g/mol. The lowest BCUT2D eigenvalue weighted by molar-refractivity contribution is -0.384. The zero-order valence-electron chi connectivity index (χ0n) is 13.8. The molecule has 0 saturated heterocycles. The summed E-state index contributed by atoms with van der Waals surface area (Å²) < 4.78 is 0. The van der Waals surface area contributed by atoms with Crippen molar-refractivity contribution in [1.82, 2.24) is 25.3 Å². The van der Waals surface area contributed by atoms with Gasteiger partial charge in [0.15, 0.2) is 0 Å². The molecule has 27 heavy (non-hydrogen) atoms. The molecule has 1 amide bonds. The number of carbonyl (C=O) groups excluding carboxylic acids is 1. The van der Waals surface area contributed by atoms with Gasteiger partial charge in [-0.2, -0.15) is 0 Å². The maximum absolute atomic E-state index is 12.2. The first-order valence-electron chi connectivity index (χ1n) is 7.79. The number of nitro benzene ring substituents is 1. The van der Waals surface area contributed by atoms with Crippen molar-refractivity contribution >= 4 is 22.6 Å². The summed E-state index contributed by atoms with van der Waals surface area (Å²) in [5.41, 5.74) is 4.92. The Balaban J connectivity index is 1.85. The molecule has 1 atom stereocenters. The van der Waals surface area contributed by atoms with E-state index in [2.05, 4.69) is 25.3 Å². The molecule has 3 rings (SSSR count). The van der Waals surface area contributed by atoms with E-state index in [1.807, 2.05) is 0 Å². The number of nitrogens with one attached hydrogen (secondary N) is 4. The summed E-state index contributed by atoms with van der Waals surface area (Å²) in [6.07, 6.45) is 3.24. The first-order chi connectivity index (χ1) is 12.8. The van der Waals surface area contributed by atoms with Crippen LogP contribution in [0.1, 0.15) is 11.3 Å². The molecule has 0 bridgehead atoms. The van der Waals surface area contributed by atoms with Crippen LogP contribution in [0.2, 0.25) is 0 Å². The van der Waals surface area contributed by atoms with Gasteiger partial charge in [-0.05, 0) is 0 Å².